The molecule has 0 aromatic heterocycles. The fraction of sp³-hybridized carbons (Fsp3) is 0.400. The Morgan fingerprint density at radius 1 is 1.50 bits per heavy atom. The van der Waals surface area contributed by atoms with Crippen molar-refractivity contribution in [3.05, 3.63) is 23.5 Å². The molecule has 1 rings (SSSR count). The molecule has 3 nitrogen and oxygen atoms in total. The maximum Gasteiger partial charge on any atom is 0.149 e. The quantitative estimate of drug-likeness (QED) is 0.513. The average molecular weight is 198 g/mol. The van der Waals surface area contributed by atoms with Gasteiger partial charge in [0.05, 0.1) is 5.69 Å². The molecule has 1 atom stereocenters. The Balaban J connectivity index is 3.02. The number of rotatable bonds is 3. The van der Waals surface area contributed by atoms with Crippen LogP contribution in [0.15, 0.2) is 12.1 Å². The average Bonchev–Trinajstić information content (AvgIpc) is 2.11. The number of nitrogen functional groups attached to an aromatic ring is 1. The Labute approximate surface area is 82.5 Å². The van der Waals surface area contributed by atoms with Crippen LogP contribution in [0, 0.1) is 5.82 Å². The van der Waals surface area contributed by atoms with E-state index in [0.717, 1.165) is 18.9 Å². The highest BCUT2D eigenvalue weighted by atomic mass is 19.1. The minimum atomic E-state index is -0.616. The summed E-state index contributed by atoms with van der Waals surface area (Å²) in [6.07, 6.45) is 1.64. The molecule has 78 valence electrons. The number of halogens is 1. The molecule has 0 amide bonds. The summed E-state index contributed by atoms with van der Waals surface area (Å²) in [5, 5.41) is 9.44. The van der Waals surface area contributed by atoms with Crippen molar-refractivity contribution in [2.45, 2.75) is 25.8 Å². The van der Waals surface area contributed by atoms with Crippen LogP contribution in [0.1, 0.15) is 31.4 Å². The second-order valence-corrected chi connectivity index (χ2v) is 3.33. The molecule has 0 unspecified atom stereocenters. The number of hydrogen-bond donors (Lipinski definition) is 3. The van der Waals surface area contributed by atoms with E-state index in [-0.39, 0.29) is 17.5 Å². The van der Waals surface area contributed by atoms with E-state index in [2.05, 4.69) is 0 Å². The third kappa shape index (κ3) is 2.14. The lowest BCUT2D eigenvalue weighted by molar-refractivity contribution is 0.452. The van der Waals surface area contributed by atoms with Crippen molar-refractivity contribution in [1.29, 1.82) is 0 Å². The van der Waals surface area contributed by atoms with Crippen molar-refractivity contribution in [3.8, 4) is 5.75 Å². The molecule has 0 aliphatic carbocycles. The topological polar surface area (TPSA) is 72.3 Å². The molecule has 0 saturated heterocycles. The van der Waals surface area contributed by atoms with Gasteiger partial charge >= 0.3 is 0 Å². The number of phenolic OH excluding ortho intramolecular Hbond substituents is 1. The van der Waals surface area contributed by atoms with E-state index in [4.69, 9.17) is 11.5 Å². The lowest BCUT2D eigenvalue weighted by Gasteiger charge is -2.13. The summed E-state index contributed by atoms with van der Waals surface area (Å²) >= 11 is 0. The predicted molar refractivity (Wildman–Crippen MR) is 54.3 cm³/mol. The minimum absolute atomic E-state index is 0.0179. The van der Waals surface area contributed by atoms with Crippen LogP contribution in [-0.4, -0.2) is 5.11 Å². The van der Waals surface area contributed by atoms with E-state index in [1.54, 1.807) is 0 Å². The van der Waals surface area contributed by atoms with Crippen LogP contribution in [-0.2, 0) is 0 Å². The van der Waals surface area contributed by atoms with Crippen molar-refractivity contribution in [2.75, 3.05) is 5.73 Å². The fourth-order valence-electron chi connectivity index (χ4n) is 1.36. The van der Waals surface area contributed by atoms with Gasteiger partial charge in [0, 0.05) is 17.7 Å². The van der Waals surface area contributed by atoms with Crippen molar-refractivity contribution in [2.24, 2.45) is 5.73 Å². The molecule has 0 saturated carbocycles. The Morgan fingerprint density at radius 2 is 2.14 bits per heavy atom. The Bertz CT molecular complexity index is 328. The standard InChI is InChI=1S/C10H15FN2O/c1-2-3-8(12)6-4-9(13)7(11)5-10(6)14/h4-5,8,14H,2-3,12-13H2,1H3/t8-/m1/s1. The monoisotopic (exact) mass is 198 g/mol. The van der Waals surface area contributed by atoms with Gasteiger partial charge in [-0.1, -0.05) is 13.3 Å². The van der Waals surface area contributed by atoms with Crippen LogP contribution in [0.2, 0.25) is 0 Å². The smallest absolute Gasteiger partial charge is 0.149 e. The predicted octanol–water partition coefficient (Wildman–Crippen LogP) is 1.91. The van der Waals surface area contributed by atoms with Gasteiger partial charge in [-0.3, -0.25) is 0 Å². The summed E-state index contributed by atoms with van der Waals surface area (Å²) in [5.74, 6) is -0.743. The lowest BCUT2D eigenvalue weighted by Crippen LogP contribution is -2.10. The first-order valence-corrected chi connectivity index (χ1v) is 4.59. The van der Waals surface area contributed by atoms with E-state index in [9.17, 15) is 9.50 Å². The third-order valence-electron chi connectivity index (χ3n) is 2.15. The van der Waals surface area contributed by atoms with E-state index >= 15 is 0 Å². The van der Waals surface area contributed by atoms with Crippen molar-refractivity contribution < 1.29 is 9.50 Å². The van der Waals surface area contributed by atoms with E-state index in [1.807, 2.05) is 6.92 Å². The second-order valence-electron chi connectivity index (χ2n) is 3.33. The summed E-state index contributed by atoms with van der Waals surface area (Å²) in [6.45, 7) is 1.99. The first-order valence-electron chi connectivity index (χ1n) is 4.59. The summed E-state index contributed by atoms with van der Waals surface area (Å²) in [4.78, 5) is 0. The van der Waals surface area contributed by atoms with Crippen LogP contribution in [0.25, 0.3) is 0 Å². The highest BCUT2D eigenvalue weighted by Crippen LogP contribution is 2.29. The van der Waals surface area contributed by atoms with Crippen LogP contribution < -0.4 is 11.5 Å². The van der Waals surface area contributed by atoms with Gasteiger partial charge in [-0.2, -0.15) is 0 Å². The number of nitrogens with two attached hydrogens (primary N) is 2. The molecule has 5 N–H and O–H groups in total. The molecule has 0 aliphatic rings. The summed E-state index contributed by atoms with van der Waals surface area (Å²) < 4.78 is 12.9. The van der Waals surface area contributed by atoms with Crippen molar-refractivity contribution in [3.63, 3.8) is 0 Å². The van der Waals surface area contributed by atoms with E-state index < -0.39 is 5.82 Å². The molecule has 0 heterocycles. The van der Waals surface area contributed by atoms with Gasteiger partial charge < -0.3 is 16.6 Å². The number of aromatic hydroxyl groups is 1. The van der Waals surface area contributed by atoms with Gasteiger partial charge in [0.2, 0.25) is 0 Å². The third-order valence-corrected chi connectivity index (χ3v) is 2.15. The maximum atomic E-state index is 12.9. The number of anilines is 1. The maximum absolute atomic E-state index is 12.9. The zero-order valence-corrected chi connectivity index (χ0v) is 8.13. The molecular weight excluding hydrogens is 183 g/mol. The summed E-state index contributed by atoms with van der Waals surface area (Å²) in [7, 11) is 0. The molecule has 0 fully saturated rings. The zero-order valence-electron chi connectivity index (χ0n) is 8.13. The highest BCUT2D eigenvalue weighted by molar-refractivity contribution is 5.49. The zero-order chi connectivity index (χ0) is 10.7. The largest absolute Gasteiger partial charge is 0.507 e. The number of phenols is 1. The van der Waals surface area contributed by atoms with Crippen LogP contribution in [0.5, 0.6) is 5.75 Å². The first-order chi connectivity index (χ1) is 6.56. The van der Waals surface area contributed by atoms with Gasteiger partial charge in [-0.05, 0) is 12.5 Å². The van der Waals surface area contributed by atoms with Gasteiger partial charge in [0.25, 0.3) is 0 Å². The normalized spacial score (nSPS) is 12.8. The number of hydrogen-bond acceptors (Lipinski definition) is 3. The van der Waals surface area contributed by atoms with Gasteiger partial charge in [-0.15, -0.1) is 0 Å². The van der Waals surface area contributed by atoms with Gasteiger partial charge in [-0.25, -0.2) is 4.39 Å². The van der Waals surface area contributed by atoms with Crippen LogP contribution in [0.4, 0.5) is 10.1 Å². The summed E-state index contributed by atoms with van der Waals surface area (Å²) in [5.41, 5.74) is 11.7. The molecule has 4 heteroatoms. The van der Waals surface area contributed by atoms with Crippen molar-refractivity contribution >= 4 is 5.69 Å². The molecule has 0 spiro atoms. The van der Waals surface area contributed by atoms with E-state index in [0.29, 0.717) is 5.56 Å². The second kappa shape index (κ2) is 4.28. The first kappa shape index (κ1) is 10.8. The number of benzene rings is 1. The highest BCUT2D eigenvalue weighted by Gasteiger charge is 2.12. The van der Waals surface area contributed by atoms with Crippen LogP contribution >= 0.6 is 0 Å². The Kier molecular flexibility index (Phi) is 3.30. The van der Waals surface area contributed by atoms with Crippen LogP contribution in [0.3, 0.4) is 0 Å². The molecule has 1 aromatic rings. The molecule has 1 aromatic carbocycles. The van der Waals surface area contributed by atoms with Gasteiger partial charge in [0.1, 0.15) is 11.6 Å². The van der Waals surface area contributed by atoms with Gasteiger partial charge in [0.15, 0.2) is 0 Å². The molecule has 0 bridgehead atoms. The Morgan fingerprint density at radius 3 is 2.71 bits per heavy atom. The molecule has 0 radical (unpaired) electrons. The molecule has 0 aliphatic heterocycles. The fourth-order valence-corrected chi connectivity index (χ4v) is 1.36. The summed E-state index contributed by atoms with van der Waals surface area (Å²) in [6, 6.07) is 2.11. The SMILES string of the molecule is CCC[C@@H](N)c1cc(N)c(F)cc1O. The van der Waals surface area contributed by atoms with Crippen molar-refractivity contribution in [1.82, 2.24) is 0 Å². The molecular formula is C10H15FN2O. The Hall–Kier alpha value is -1.29. The van der Waals surface area contributed by atoms with E-state index in [1.165, 1.54) is 6.07 Å². The lowest BCUT2D eigenvalue weighted by atomic mass is 10.0. The minimum Gasteiger partial charge on any atom is -0.507 e. The molecule has 14 heavy (non-hydrogen) atoms.